The van der Waals surface area contributed by atoms with Crippen molar-refractivity contribution in [2.24, 2.45) is 17.2 Å². The zero-order chi connectivity index (χ0) is 26.7. The molecule has 1 rings (SSSR count). The number of benzene rings is 1. The first-order valence-electron chi connectivity index (χ1n) is 10.5. The number of nitrogens with two attached hydrogens (primary N) is 3. The molecule has 1 aromatic rings. The van der Waals surface area contributed by atoms with E-state index in [4.69, 9.17) is 17.2 Å². The Hall–Kier alpha value is -4.20. The predicted molar refractivity (Wildman–Crippen MR) is 121 cm³/mol. The standard InChI is InChI=1S/C21H30N6O8/c1-10(22)18(31)26-14(8-11-2-4-12(28)5-3-11)19(32)27-15(9-17(24)30)20(33)25-13(21(34)35)6-7-16(23)29/h2-5,10,13-15,28H,6-9,22H2,1H3,(H2,23,29)(H2,24,30)(H,25,33)(H,26,31)(H,27,32)(H,34,35). The third-order valence-electron chi connectivity index (χ3n) is 4.75. The molecule has 0 aliphatic rings. The van der Waals surface area contributed by atoms with E-state index in [1.807, 2.05) is 0 Å². The van der Waals surface area contributed by atoms with Crippen molar-refractivity contribution >= 4 is 35.5 Å². The maximum absolute atomic E-state index is 13.0. The Morgan fingerprint density at radius 3 is 1.83 bits per heavy atom. The molecule has 14 heteroatoms. The van der Waals surface area contributed by atoms with E-state index in [0.717, 1.165) is 0 Å². The van der Waals surface area contributed by atoms with Crippen molar-refractivity contribution in [2.75, 3.05) is 0 Å². The number of amides is 5. The number of carboxylic acids is 1. The summed E-state index contributed by atoms with van der Waals surface area (Å²) in [6.45, 7) is 1.40. The number of carbonyl (C=O) groups is 6. The maximum atomic E-state index is 13.0. The number of hydrogen-bond donors (Lipinski definition) is 8. The summed E-state index contributed by atoms with van der Waals surface area (Å²) in [5.74, 6) is -5.82. The SMILES string of the molecule is CC(N)C(=O)NC(Cc1ccc(O)cc1)C(=O)NC(CC(N)=O)C(=O)NC(CCC(N)=O)C(=O)O. The van der Waals surface area contributed by atoms with Crippen molar-refractivity contribution in [3.63, 3.8) is 0 Å². The van der Waals surface area contributed by atoms with E-state index in [1.165, 1.54) is 31.2 Å². The lowest BCUT2D eigenvalue weighted by atomic mass is 10.0. The van der Waals surface area contributed by atoms with Crippen molar-refractivity contribution in [2.45, 2.75) is 56.8 Å². The number of aromatic hydroxyl groups is 1. The predicted octanol–water partition coefficient (Wildman–Crippen LogP) is -3.04. The largest absolute Gasteiger partial charge is 0.508 e. The van der Waals surface area contributed by atoms with Gasteiger partial charge in [-0.1, -0.05) is 12.1 Å². The molecule has 0 radical (unpaired) electrons. The summed E-state index contributed by atoms with van der Waals surface area (Å²) in [7, 11) is 0. The first kappa shape index (κ1) is 28.8. The molecule has 14 nitrogen and oxygen atoms in total. The van der Waals surface area contributed by atoms with Crippen LogP contribution in [-0.2, 0) is 35.2 Å². The Kier molecular flexibility index (Phi) is 11.1. The molecule has 0 aliphatic heterocycles. The second-order valence-electron chi connectivity index (χ2n) is 7.86. The van der Waals surface area contributed by atoms with Crippen LogP contribution in [0.3, 0.4) is 0 Å². The van der Waals surface area contributed by atoms with Crippen LogP contribution >= 0.6 is 0 Å². The second-order valence-corrected chi connectivity index (χ2v) is 7.86. The number of carboxylic acid groups (broad SMARTS) is 1. The highest BCUT2D eigenvalue weighted by Gasteiger charge is 2.31. The topological polar surface area (TPSA) is 257 Å². The number of nitrogens with one attached hydrogen (secondary N) is 3. The Morgan fingerprint density at radius 2 is 1.34 bits per heavy atom. The van der Waals surface area contributed by atoms with Crippen LogP contribution in [0.5, 0.6) is 5.75 Å². The molecule has 0 heterocycles. The summed E-state index contributed by atoms with van der Waals surface area (Å²) < 4.78 is 0. The van der Waals surface area contributed by atoms with E-state index < -0.39 is 66.1 Å². The molecule has 0 aliphatic carbocycles. The quantitative estimate of drug-likeness (QED) is 0.130. The number of carbonyl (C=O) groups excluding carboxylic acids is 5. The molecule has 192 valence electrons. The third kappa shape index (κ3) is 10.5. The van der Waals surface area contributed by atoms with Gasteiger partial charge in [0.2, 0.25) is 29.5 Å². The lowest BCUT2D eigenvalue weighted by Crippen LogP contribution is -2.58. The van der Waals surface area contributed by atoms with Gasteiger partial charge >= 0.3 is 5.97 Å². The van der Waals surface area contributed by atoms with Crippen LogP contribution in [0.1, 0.15) is 31.7 Å². The lowest BCUT2D eigenvalue weighted by molar-refractivity contribution is -0.142. The fraction of sp³-hybridized carbons (Fsp3) is 0.429. The molecule has 0 saturated heterocycles. The minimum absolute atomic E-state index is 0.0168. The molecule has 4 unspecified atom stereocenters. The van der Waals surface area contributed by atoms with Crippen LogP contribution in [-0.4, -0.2) is 69.9 Å². The molecule has 0 aromatic heterocycles. The van der Waals surface area contributed by atoms with Gasteiger partial charge in [0, 0.05) is 12.8 Å². The van der Waals surface area contributed by atoms with Crippen LogP contribution in [0.25, 0.3) is 0 Å². The van der Waals surface area contributed by atoms with Crippen LogP contribution in [0.2, 0.25) is 0 Å². The van der Waals surface area contributed by atoms with Gasteiger partial charge in [-0.15, -0.1) is 0 Å². The molecule has 0 saturated carbocycles. The number of phenolic OH excluding ortho intramolecular Hbond substituents is 1. The summed E-state index contributed by atoms with van der Waals surface area (Å²) in [5, 5.41) is 25.6. The smallest absolute Gasteiger partial charge is 0.326 e. The molecule has 5 amide bonds. The fourth-order valence-corrected chi connectivity index (χ4v) is 2.88. The summed E-state index contributed by atoms with van der Waals surface area (Å²) in [6.07, 6.45) is -1.39. The van der Waals surface area contributed by atoms with Crippen LogP contribution < -0.4 is 33.2 Å². The molecule has 0 bridgehead atoms. The number of phenols is 1. The fourth-order valence-electron chi connectivity index (χ4n) is 2.88. The van der Waals surface area contributed by atoms with E-state index >= 15 is 0 Å². The van der Waals surface area contributed by atoms with Gasteiger partial charge in [-0.3, -0.25) is 24.0 Å². The Balaban J connectivity index is 3.08. The molecule has 0 spiro atoms. The van der Waals surface area contributed by atoms with Crippen molar-refractivity contribution in [1.82, 2.24) is 16.0 Å². The average molecular weight is 495 g/mol. The zero-order valence-electron chi connectivity index (χ0n) is 19.0. The second kappa shape index (κ2) is 13.5. The average Bonchev–Trinajstić information content (AvgIpc) is 2.76. The molecular weight excluding hydrogens is 464 g/mol. The van der Waals surface area contributed by atoms with Crippen molar-refractivity contribution in [1.29, 1.82) is 0 Å². The third-order valence-corrected chi connectivity index (χ3v) is 4.75. The summed E-state index contributed by atoms with van der Waals surface area (Å²) >= 11 is 0. The maximum Gasteiger partial charge on any atom is 0.326 e. The monoisotopic (exact) mass is 494 g/mol. The van der Waals surface area contributed by atoms with Gasteiger partial charge in [-0.2, -0.15) is 0 Å². The van der Waals surface area contributed by atoms with E-state index in [9.17, 15) is 39.0 Å². The first-order valence-corrected chi connectivity index (χ1v) is 10.5. The van der Waals surface area contributed by atoms with Crippen LogP contribution in [0.15, 0.2) is 24.3 Å². The summed E-state index contributed by atoms with van der Waals surface area (Å²) in [6, 6.07) is 0.466. The molecule has 4 atom stereocenters. The van der Waals surface area contributed by atoms with Gasteiger partial charge in [0.1, 0.15) is 23.9 Å². The van der Waals surface area contributed by atoms with E-state index in [0.29, 0.717) is 5.56 Å². The van der Waals surface area contributed by atoms with E-state index in [1.54, 1.807) is 0 Å². The highest BCUT2D eigenvalue weighted by Crippen LogP contribution is 2.12. The van der Waals surface area contributed by atoms with Gasteiger partial charge in [0.15, 0.2) is 0 Å². The normalized spacial score (nSPS) is 14.0. The highest BCUT2D eigenvalue weighted by atomic mass is 16.4. The van der Waals surface area contributed by atoms with Gasteiger partial charge in [0.05, 0.1) is 12.5 Å². The van der Waals surface area contributed by atoms with Gasteiger partial charge in [0.25, 0.3) is 0 Å². The Morgan fingerprint density at radius 1 is 0.829 bits per heavy atom. The van der Waals surface area contributed by atoms with E-state index in [2.05, 4.69) is 16.0 Å². The number of aliphatic carboxylic acids is 1. The molecular formula is C21H30N6O8. The number of hydrogen-bond acceptors (Lipinski definition) is 8. The van der Waals surface area contributed by atoms with Gasteiger partial charge in [-0.05, 0) is 31.0 Å². The molecule has 1 aromatic carbocycles. The number of primary amides is 2. The first-order chi connectivity index (χ1) is 16.3. The van der Waals surface area contributed by atoms with Crippen molar-refractivity contribution < 1.29 is 39.0 Å². The van der Waals surface area contributed by atoms with Crippen LogP contribution in [0, 0.1) is 0 Å². The minimum Gasteiger partial charge on any atom is -0.508 e. The Labute approximate surface area is 200 Å². The number of rotatable bonds is 14. The summed E-state index contributed by atoms with van der Waals surface area (Å²) in [4.78, 5) is 71.7. The van der Waals surface area contributed by atoms with Crippen molar-refractivity contribution in [3.05, 3.63) is 29.8 Å². The van der Waals surface area contributed by atoms with Crippen LogP contribution in [0.4, 0.5) is 0 Å². The van der Waals surface area contributed by atoms with Crippen molar-refractivity contribution in [3.8, 4) is 5.75 Å². The highest BCUT2D eigenvalue weighted by molar-refractivity contribution is 5.96. The zero-order valence-corrected chi connectivity index (χ0v) is 19.0. The summed E-state index contributed by atoms with van der Waals surface area (Å²) in [5.41, 5.74) is 16.3. The van der Waals surface area contributed by atoms with E-state index in [-0.39, 0.29) is 25.0 Å². The molecule has 11 N–H and O–H groups in total. The Bertz CT molecular complexity index is 950. The van der Waals surface area contributed by atoms with Gasteiger partial charge < -0.3 is 43.4 Å². The molecule has 35 heavy (non-hydrogen) atoms. The van der Waals surface area contributed by atoms with Gasteiger partial charge in [-0.25, -0.2) is 4.79 Å². The minimum atomic E-state index is -1.58. The molecule has 0 fully saturated rings. The lowest BCUT2D eigenvalue weighted by Gasteiger charge is -2.24.